The van der Waals surface area contributed by atoms with Crippen molar-refractivity contribution in [1.82, 2.24) is 4.90 Å². The van der Waals surface area contributed by atoms with E-state index in [0.29, 0.717) is 29.6 Å². The summed E-state index contributed by atoms with van der Waals surface area (Å²) < 4.78 is 0. The van der Waals surface area contributed by atoms with Gasteiger partial charge in [0.15, 0.2) is 0 Å². The molecule has 3 rings (SSSR count). The second kappa shape index (κ2) is 6.29. The van der Waals surface area contributed by atoms with E-state index in [4.69, 9.17) is 23.2 Å². The molecule has 0 bridgehead atoms. The van der Waals surface area contributed by atoms with Gasteiger partial charge in [0, 0.05) is 23.1 Å². The number of benzene rings is 2. The van der Waals surface area contributed by atoms with Gasteiger partial charge in [-0.25, -0.2) is 0 Å². The van der Waals surface area contributed by atoms with Crippen molar-refractivity contribution < 1.29 is 9.90 Å². The number of hydrogen-bond donors (Lipinski definition) is 1. The fraction of sp³-hybridized carbons (Fsp3) is 0.235. The smallest absolute Gasteiger partial charge is 0.321 e. The van der Waals surface area contributed by atoms with Gasteiger partial charge in [-0.15, -0.1) is 0 Å². The first-order valence-corrected chi connectivity index (χ1v) is 7.77. The number of fused-ring (bicyclic) bond motifs is 1. The molecule has 2 aromatic rings. The molecular formula is C17H15Cl2NO2. The van der Waals surface area contributed by atoms with E-state index in [-0.39, 0.29) is 0 Å². The molecule has 1 heterocycles. The number of carboxylic acid groups (broad SMARTS) is 1. The fourth-order valence-electron chi connectivity index (χ4n) is 2.84. The van der Waals surface area contributed by atoms with Crippen LogP contribution in [0.15, 0.2) is 42.5 Å². The van der Waals surface area contributed by atoms with Gasteiger partial charge in [-0.2, -0.15) is 0 Å². The predicted molar refractivity (Wildman–Crippen MR) is 87.3 cm³/mol. The molecule has 0 radical (unpaired) electrons. The molecule has 2 aromatic carbocycles. The molecule has 0 unspecified atom stereocenters. The van der Waals surface area contributed by atoms with Crippen molar-refractivity contribution in [2.24, 2.45) is 0 Å². The van der Waals surface area contributed by atoms with Gasteiger partial charge in [0.25, 0.3) is 0 Å². The van der Waals surface area contributed by atoms with Crippen LogP contribution in [0, 0.1) is 0 Å². The topological polar surface area (TPSA) is 40.5 Å². The Bertz CT molecular complexity index is 700. The lowest BCUT2D eigenvalue weighted by Gasteiger charge is -2.34. The highest BCUT2D eigenvalue weighted by Crippen LogP contribution is 2.27. The molecule has 0 saturated carbocycles. The number of halogens is 2. The SMILES string of the molecule is O=C(O)[C@H]1Cc2ccc(Cl)cc2CN1Cc1ccc(Cl)cc1. The molecule has 0 amide bonds. The lowest BCUT2D eigenvalue weighted by Crippen LogP contribution is -2.45. The number of carbonyl (C=O) groups is 1. The van der Waals surface area contributed by atoms with E-state index in [1.54, 1.807) is 0 Å². The molecule has 114 valence electrons. The summed E-state index contributed by atoms with van der Waals surface area (Å²) >= 11 is 11.9. The number of hydrogen-bond acceptors (Lipinski definition) is 2. The normalized spacial score (nSPS) is 18.0. The van der Waals surface area contributed by atoms with Gasteiger partial charge in [0.1, 0.15) is 6.04 Å². The zero-order valence-electron chi connectivity index (χ0n) is 11.8. The highest BCUT2D eigenvalue weighted by atomic mass is 35.5. The third-order valence-electron chi connectivity index (χ3n) is 3.98. The summed E-state index contributed by atoms with van der Waals surface area (Å²) in [5.41, 5.74) is 3.20. The van der Waals surface area contributed by atoms with Crippen LogP contribution in [0.2, 0.25) is 10.0 Å². The third-order valence-corrected chi connectivity index (χ3v) is 4.47. The van der Waals surface area contributed by atoms with Crippen LogP contribution >= 0.6 is 23.2 Å². The lowest BCUT2D eigenvalue weighted by atomic mass is 9.93. The van der Waals surface area contributed by atoms with Crippen molar-refractivity contribution in [3.63, 3.8) is 0 Å². The maximum absolute atomic E-state index is 11.6. The predicted octanol–water partition coefficient (Wildman–Crippen LogP) is 4.00. The number of aliphatic carboxylic acids is 1. The monoisotopic (exact) mass is 335 g/mol. The Labute approximate surface area is 139 Å². The van der Waals surface area contributed by atoms with E-state index >= 15 is 0 Å². The summed E-state index contributed by atoms with van der Waals surface area (Å²) in [4.78, 5) is 13.6. The van der Waals surface area contributed by atoms with Gasteiger partial charge in [-0.1, -0.05) is 41.4 Å². The molecule has 22 heavy (non-hydrogen) atoms. The van der Waals surface area contributed by atoms with Crippen LogP contribution in [0.5, 0.6) is 0 Å². The van der Waals surface area contributed by atoms with E-state index in [1.165, 1.54) is 0 Å². The highest BCUT2D eigenvalue weighted by Gasteiger charge is 2.31. The molecule has 0 aromatic heterocycles. The zero-order valence-corrected chi connectivity index (χ0v) is 13.3. The van der Waals surface area contributed by atoms with Gasteiger partial charge in [0.05, 0.1) is 0 Å². The first-order chi connectivity index (χ1) is 10.5. The second-order valence-corrected chi connectivity index (χ2v) is 6.38. The summed E-state index contributed by atoms with van der Waals surface area (Å²) in [6.07, 6.45) is 0.495. The van der Waals surface area contributed by atoms with Crippen molar-refractivity contribution in [2.75, 3.05) is 0 Å². The Balaban J connectivity index is 1.87. The van der Waals surface area contributed by atoms with Crippen molar-refractivity contribution in [2.45, 2.75) is 25.6 Å². The van der Waals surface area contributed by atoms with E-state index in [2.05, 4.69) is 0 Å². The van der Waals surface area contributed by atoms with Crippen LogP contribution in [0.1, 0.15) is 16.7 Å². The van der Waals surface area contributed by atoms with Gasteiger partial charge in [-0.3, -0.25) is 9.69 Å². The summed E-state index contributed by atoms with van der Waals surface area (Å²) in [7, 11) is 0. The minimum atomic E-state index is -0.797. The molecule has 0 fully saturated rings. The molecule has 0 aliphatic carbocycles. The quantitative estimate of drug-likeness (QED) is 0.921. The molecule has 1 aliphatic rings. The van der Waals surface area contributed by atoms with Crippen LogP contribution < -0.4 is 0 Å². The molecule has 1 aliphatic heterocycles. The molecule has 0 saturated heterocycles. The highest BCUT2D eigenvalue weighted by molar-refractivity contribution is 6.30. The molecule has 5 heteroatoms. The maximum atomic E-state index is 11.6. The first kappa shape index (κ1) is 15.3. The summed E-state index contributed by atoms with van der Waals surface area (Å²) in [5.74, 6) is -0.797. The number of nitrogens with zero attached hydrogens (tertiary/aromatic N) is 1. The Hall–Kier alpha value is -1.55. The van der Waals surface area contributed by atoms with Crippen LogP contribution in [-0.2, 0) is 24.3 Å². The van der Waals surface area contributed by atoms with E-state index in [1.807, 2.05) is 47.4 Å². The molecular weight excluding hydrogens is 321 g/mol. The Morgan fingerprint density at radius 3 is 2.45 bits per heavy atom. The summed E-state index contributed by atoms with van der Waals surface area (Å²) in [5, 5.41) is 10.9. The third kappa shape index (κ3) is 3.27. The largest absolute Gasteiger partial charge is 0.480 e. The minimum Gasteiger partial charge on any atom is -0.480 e. The van der Waals surface area contributed by atoms with Crippen molar-refractivity contribution >= 4 is 29.2 Å². The van der Waals surface area contributed by atoms with Gasteiger partial charge >= 0.3 is 5.97 Å². The molecule has 1 atom stereocenters. The fourth-order valence-corrected chi connectivity index (χ4v) is 3.16. The molecule has 1 N–H and O–H groups in total. The standard InChI is InChI=1S/C17H15Cl2NO2/c18-14-4-1-11(2-5-14)9-20-10-13-7-15(19)6-3-12(13)8-16(20)17(21)22/h1-7,16H,8-10H2,(H,21,22)/t16-/m1/s1. The van der Waals surface area contributed by atoms with Crippen LogP contribution in [0.25, 0.3) is 0 Å². The molecule has 0 spiro atoms. The summed E-state index contributed by atoms with van der Waals surface area (Å²) in [6, 6.07) is 12.6. The Kier molecular flexibility index (Phi) is 4.39. The van der Waals surface area contributed by atoms with Gasteiger partial charge < -0.3 is 5.11 Å². The van der Waals surface area contributed by atoms with E-state index in [9.17, 15) is 9.90 Å². The Morgan fingerprint density at radius 1 is 1.09 bits per heavy atom. The maximum Gasteiger partial charge on any atom is 0.321 e. The van der Waals surface area contributed by atoms with Gasteiger partial charge in [0.2, 0.25) is 0 Å². The van der Waals surface area contributed by atoms with Crippen LogP contribution in [0.3, 0.4) is 0 Å². The number of rotatable bonds is 3. The van der Waals surface area contributed by atoms with E-state index in [0.717, 1.165) is 16.7 Å². The zero-order chi connectivity index (χ0) is 15.7. The van der Waals surface area contributed by atoms with Crippen molar-refractivity contribution in [1.29, 1.82) is 0 Å². The lowest BCUT2D eigenvalue weighted by molar-refractivity contribution is -0.144. The summed E-state index contributed by atoms with van der Waals surface area (Å²) in [6.45, 7) is 1.15. The van der Waals surface area contributed by atoms with Crippen molar-refractivity contribution in [3.05, 3.63) is 69.2 Å². The Morgan fingerprint density at radius 2 is 1.77 bits per heavy atom. The van der Waals surface area contributed by atoms with E-state index < -0.39 is 12.0 Å². The molecule has 3 nitrogen and oxygen atoms in total. The number of carboxylic acids is 1. The van der Waals surface area contributed by atoms with Crippen LogP contribution in [0.4, 0.5) is 0 Å². The van der Waals surface area contributed by atoms with Crippen molar-refractivity contribution in [3.8, 4) is 0 Å². The minimum absolute atomic E-state index is 0.495. The van der Waals surface area contributed by atoms with Gasteiger partial charge in [-0.05, 0) is 47.4 Å². The average molecular weight is 336 g/mol. The average Bonchev–Trinajstić information content (AvgIpc) is 2.48. The first-order valence-electron chi connectivity index (χ1n) is 7.01. The second-order valence-electron chi connectivity index (χ2n) is 5.50. The van der Waals surface area contributed by atoms with Crippen LogP contribution in [-0.4, -0.2) is 22.0 Å².